The Morgan fingerprint density at radius 2 is 2.00 bits per heavy atom. The predicted molar refractivity (Wildman–Crippen MR) is 72.4 cm³/mol. The molecular formula is C13H11ClN4O. The smallest absolute Gasteiger partial charge is 0.255 e. The van der Waals surface area contributed by atoms with Crippen LogP contribution in [0, 0.1) is 22.7 Å². The SMILES string of the molecule is CN(C)C(=O)c1cc(Cl)ccc1NC=C(C#N)C#N. The van der Waals surface area contributed by atoms with E-state index in [-0.39, 0.29) is 11.5 Å². The number of rotatable bonds is 3. The van der Waals surface area contributed by atoms with Gasteiger partial charge < -0.3 is 10.2 Å². The molecule has 0 aromatic heterocycles. The molecule has 0 aliphatic heterocycles. The maximum absolute atomic E-state index is 12.0. The molecule has 5 nitrogen and oxygen atoms in total. The molecule has 0 radical (unpaired) electrons. The lowest BCUT2D eigenvalue weighted by Gasteiger charge is -2.14. The molecule has 0 atom stereocenters. The zero-order valence-corrected chi connectivity index (χ0v) is 11.2. The van der Waals surface area contributed by atoms with Crippen molar-refractivity contribution in [3.8, 4) is 12.1 Å². The lowest BCUT2D eigenvalue weighted by Crippen LogP contribution is -2.22. The number of amides is 1. The molecule has 0 fully saturated rings. The van der Waals surface area contributed by atoms with E-state index in [2.05, 4.69) is 5.32 Å². The zero-order valence-electron chi connectivity index (χ0n) is 10.4. The Kier molecular flexibility index (Phi) is 4.93. The summed E-state index contributed by atoms with van der Waals surface area (Å²) in [5, 5.41) is 20.5. The number of carbonyl (C=O) groups excluding carboxylic acids is 1. The summed E-state index contributed by atoms with van der Waals surface area (Å²) < 4.78 is 0. The highest BCUT2D eigenvalue weighted by molar-refractivity contribution is 6.31. The van der Waals surface area contributed by atoms with Gasteiger partial charge in [-0.2, -0.15) is 10.5 Å². The van der Waals surface area contributed by atoms with Crippen molar-refractivity contribution < 1.29 is 4.79 Å². The van der Waals surface area contributed by atoms with Crippen LogP contribution in [0.15, 0.2) is 30.0 Å². The largest absolute Gasteiger partial charge is 0.359 e. The third-order valence-electron chi connectivity index (χ3n) is 2.23. The number of nitriles is 2. The van der Waals surface area contributed by atoms with Crippen molar-refractivity contribution in [1.82, 2.24) is 4.90 Å². The van der Waals surface area contributed by atoms with Crippen molar-refractivity contribution >= 4 is 23.2 Å². The first-order valence-corrected chi connectivity index (χ1v) is 5.65. The molecule has 1 rings (SSSR count). The van der Waals surface area contributed by atoms with Crippen molar-refractivity contribution in [2.45, 2.75) is 0 Å². The average molecular weight is 275 g/mol. The van der Waals surface area contributed by atoms with E-state index in [1.54, 1.807) is 38.4 Å². The van der Waals surface area contributed by atoms with Crippen molar-refractivity contribution in [3.05, 3.63) is 40.6 Å². The minimum absolute atomic E-state index is 0.0850. The monoisotopic (exact) mass is 274 g/mol. The third kappa shape index (κ3) is 3.74. The molecule has 1 aromatic carbocycles. The highest BCUT2D eigenvalue weighted by Crippen LogP contribution is 2.22. The van der Waals surface area contributed by atoms with E-state index in [0.29, 0.717) is 16.3 Å². The van der Waals surface area contributed by atoms with E-state index in [9.17, 15) is 4.79 Å². The Balaban J connectivity index is 3.16. The Bertz CT molecular complexity index is 592. The molecule has 0 aliphatic carbocycles. The molecule has 0 heterocycles. The van der Waals surface area contributed by atoms with E-state index < -0.39 is 0 Å². The number of anilines is 1. The summed E-state index contributed by atoms with van der Waals surface area (Å²) in [5.41, 5.74) is 0.758. The topological polar surface area (TPSA) is 79.9 Å². The molecule has 0 spiro atoms. The molecule has 0 saturated carbocycles. The molecule has 1 amide bonds. The number of hydrogen-bond donors (Lipinski definition) is 1. The Hall–Kier alpha value is -2.50. The second kappa shape index (κ2) is 6.44. The van der Waals surface area contributed by atoms with Crippen LogP contribution in [0.5, 0.6) is 0 Å². The minimum atomic E-state index is -0.228. The van der Waals surface area contributed by atoms with Gasteiger partial charge in [-0.05, 0) is 18.2 Å². The zero-order chi connectivity index (χ0) is 14.4. The predicted octanol–water partition coefficient (Wildman–Crippen LogP) is 2.38. The minimum Gasteiger partial charge on any atom is -0.359 e. The van der Waals surface area contributed by atoms with Gasteiger partial charge in [0.05, 0.1) is 11.3 Å². The molecule has 0 aliphatic rings. The summed E-state index contributed by atoms with van der Waals surface area (Å²) in [7, 11) is 3.25. The van der Waals surface area contributed by atoms with E-state index in [1.807, 2.05) is 0 Å². The highest BCUT2D eigenvalue weighted by Gasteiger charge is 2.13. The van der Waals surface area contributed by atoms with Gasteiger partial charge in [-0.25, -0.2) is 0 Å². The Morgan fingerprint density at radius 1 is 1.37 bits per heavy atom. The van der Waals surface area contributed by atoms with Gasteiger partial charge in [0.25, 0.3) is 5.91 Å². The first kappa shape index (κ1) is 14.6. The van der Waals surface area contributed by atoms with E-state index in [0.717, 1.165) is 0 Å². The van der Waals surface area contributed by atoms with Crippen molar-refractivity contribution in [1.29, 1.82) is 10.5 Å². The summed E-state index contributed by atoms with van der Waals surface area (Å²) in [4.78, 5) is 13.4. The first-order valence-electron chi connectivity index (χ1n) is 5.27. The molecule has 1 aromatic rings. The fourth-order valence-corrected chi connectivity index (χ4v) is 1.47. The van der Waals surface area contributed by atoms with Crippen LogP contribution in [0.3, 0.4) is 0 Å². The van der Waals surface area contributed by atoms with Crippen LogP contribution >= 0.6 is 11.6 Å². The average Bonchev–Trinajstić information content (AvgIpc) is 2.40. The van der Waals surface area contributed by atoms with Gasteiger partial charge in [0.2, 0.25) is 0 Å². The van der Waals surface area contributed by atoms with Crippen LogP contribution in [0.1, 0.15) is 10.4 Å². The maximum atomic E-state index is 12.0. The number of allylic oxidation sites excluding steroid dienone is 1. The lowest BCUT2D eigenvalue weighted by molar-refractivity contribution is 0.0828. The fourth-order valence-electron chi connectivity index (χ4n) is 1.30. The molecule has 19 heavy (non-hydrogen) atoms. The molecule has 96 valence electrons. The molecular weight excluding hydrogens is 264 g/mol. The normalized spacial score (nSPS) is 8.89. The molecule has 1 N–H and O–H groups in total. The van der Waals surface area contributed by atoms with Crippen molar-refractivity contribution in [2.75, 3.05) is 19.4 Å². The van der Waals surface area contributed by atoms with Crippen LogP contribution in [0.2, 0.25) is 5.02 Å². The van der Waals surface area contributed by atoms with Crippen LogP contribution in [-0.2, 0) is 0 Å². The van der Waals surface area contributed by atoms with Crippen LogP contribution in [-0.4, -0.2) is 24.9 Å². The lowest BCUT2D eigenvalue weighted by atomic mass is 10.1. The summed E-state index contributed by atoms with van der Waals surface area (Å²) in [6.07, 6.45) is 1.25. The van der Waals surface area contributed by atoms with Gasteiger partial charge >= 0.3 is 0 Å². The quantitative estimate of drug-likeness (QED) is 0.858. The summed E-state index contributed by atoms with van der Waals surface area (Å²) in [6.45, 7) is 0. The van der Waals surface area contributed by atoms with E-state index in [1.165, 1.54) is 17.2 Å². The maximum Gasteiger partial charge on any atom is 0.255 e. The number of nitrogens with one attached hydrogen (secondary N) is 1. The molecule has 6 heteroatoms. The van der Waals surface area contributed by atoms with E-state index >= 15 is 0 Å². The van der Waals surface area contributed by atoms with Gasteiger partial charge in [0.15, 0.2) is 0 Å². The summed E-state index contributed by atoms with van der Waals surface area (Å²) in [5.74, 6) is -0.228. The third-order valence-corrected chi connectivity index (χ3v) is 2.47. The van der Waals surface area contributed by atoms with Gasteiger partial charge in [0, 0.05) is 25.3 Å². The van der Waals surface area contributed by atoms with Gasteiger partial charge in [-0.15, -0.1) is 0 Å². The molecule has 0 saturated heterocycles. The van der Waals surface area contributed by atoms with Gasteiger partial charge in [-0.1, -0.05) is 11.6 Å². The number of benzene rings is 1. The molecule has 0 bridgehead atoms. The molecule has 0 unspecified atom stereocenters. The Morgan fingerprint density at radius 3 is 2.53 bits per heavy atom. The van der Waals surface area contributed by atoms with Crippen molar-refractivity contribution in [3.63, 3.8) is 0 Å². The second-order valence-electron chi connectivity index (χ2n) is 3.82. The summed E-state index contributed by atoms with van der Waals surface area (Å²) in [6, 6.07) is 8.19. The van der Waals surface area contributed by atoms with Crippen LogP contribution < -0.4 is 5.32 Å². The highest BCUT2D eigenvalue weighted by atomic mass is 35.5. The van der Waals surface area contributed by atoms with Crippen molar-refractivity contribution in [2.24, 2.45) is 0 Å². The number of nitrogens with zero attached hydrogens (tertiary/aromatic N) is 3. The standard InChI is InChI=1S/C13H11ClN4O/c1-18(2)13(19)11-5-10(14)3-4-12(11)17-8-9(6-15)7-16/h3-5,8,17H,1-2H3. The van der Waals surface area contributed by atoms with Crippen LogP contribution in [0.4, 0.5) is 5.69 Å². The van der Waals surface area contributed by atoms with Gasteiger partial charge in [0.1, 0.15) is 17.7 Å². The number of hydrogen-bond acceptors (Lipinski definition) is 4. The Labute approximate surface area is 116 Å². The van der Waals surface area contributed by atoms with E-state index in [4.69, 9.17) is 22.1 Å². The number of halogens is 1. The summed E-state index contributed by atoms with van der Waals surface area (Å²) >= 11 is 5.86. The fraction of sp³-hybridized carbons (Fsp3) is 0.154. The second-order valence-corrected chi connectivity index (χ2v) is 4.25. The number of carbonyl (C=O) groups is 1. The first-order chi connectivity index (χ1) is 8.99. The van der Waals surface area contributed by atoms with Crippen LogP contribution in [0.25, 0.3) is 0 Å². The van der Waals surface area contributed by atoms with Gasteiger partial charge in [-0.3, -0.25) is 4.79 Å².